The molecule has 4 aromatic rings. The summed E-state index contributed by atoms with van der Waals surface area (Å²) in [6.45, 7) is 6.09. The molecular weight excluding hydrogens is 617 g/mol. The predicted octanol–water partition coefficient (Wildman–Crippen LogP) is 9.41. The van der Waals surface area contributed by atoms with Gasteiger partial charge in [0, 0.05) is 68.5 Å². The van der Waals surface area contributed by atoms with Gasteiger partial charge in [-0.3, -0.25) is 0 Å². The van der Waals surface area contributed by atoms with Gasteiger partial charge in [-0.05, 0) is 134 Å². The van der Waals surface area contributed by atoms with E-state index >= 15 is 0 Å². The van der Waals surface area contributed by atoms with Gasteiger partial charge in [-0.1, -0.05) is 59.9 Å². The summed E-state index contributed by atoms with van der Waals surface area (Å²) in [6, 6.07) is 34.8. The molecule has 4 aromatic carbocycles. The zero-order valence-electron chi connectivity index (χ0n) is 28.7. The van der Waals surface area contributed by atoms with Crippen LogP contribution in [-0.2, 0) is 0 Å². The summed E-state index contributed by atoms with van der Waals surface area (Å²) in [5.41, 5.74) is 4.78. The molecule has 252 valence electrons. The fourth-order valence-corrected chi connectivity index (χ4v) is 7.09. The number of nitrogens with zero attached hydrogens (tertiary/aromatic N) is 2. The Morgan fingerprint density at radius 2 is 0.872 bits per heavy atom. The Morgan fingerprint density at radius 3 is 1.32 bits per heavy atom. The Hall–Kier alpha value is -3.30. The molecule has 0 saturated carbocycles. The lowest BCUT2D eigenvalue weighted by Gasteiger charge is -2.14. The second-order valence-corrected chi connectivity index (χ2v) is 14.6. The molecule has 4 N–H and O–H groups in total. The first-order valence-electron chi connectivity index (χ1n) is 16.9. The molecule has 0 spiro atoms. The van der Waals surface area contributed by atoms with Crippen LogP contribution in [0.2, 0.25) is 0 Å². The van der Waals surface area contributed by atoms with Crippen molar-refractivity contribution in [3.8, 4) is 0 Å². The van der Waals surface area contributed by atoms with Crippen LogP contribution in [0.15, 0.2) is 117 Å². The first-order valence-corrected chi connectivity index (χ1v) is 18.6. The van der Waals surface area contributed by atoms with Crippen molar-refractivity contribution in [1.82, 2.24) is 9.80 Å². The van der Waals surface area contributed by atoms with Gasteiger partial charge in [-0.25, -0.2) is 0 Å². The quantitative estimate of drug-likeness (QED) is 0.0618. The summed E-state index contributed by atoms with van der Waals surface area (Å²) in [7, 11) is 8.49. The lowest BCUT2D eigenvalue weighted by Crippen LogP contribution is -2.16. The molecule has 0 heterocycles. The Labute approximate surface area is 292 Å². The van der Waals surface area contributed by atoms with E-state index in [1.54, 1.807) is 0 Å². The minimum absolute atomic E-state index is 0.975. The molecule has 6 nitrogen and oxygen atoms in total. The van der Waals surface area contributed by atoms with Crippen LogP contribution in [0.3, 0.4) is 0 Å². The number of hydrogen-bond acceptors (Lipinski definition) is 8. The molecule has 0 aliphatic rings. The van der Waals surface area contributed by atoms with Gasteiger partial charge in [0.05, 0.1) is 0 Å². The van der Waals surface area contributed by atoms with E-state index < -0.39 is 0 Å². The highest BCUT2D eigenvalue weighted by molar-refractivity contribution is 7.99. The van der Waals surface area contributed by atoms with Gasteiger partial charge in [0.2, 0.25) is 0 Å². The minimum atomic E-state index is 0.975. The third-order valence-corrected chi connectivity index (χ3v) is 9.74. The molecule has 0 radical (unpaired) electrons. The largest absolute Gasteiger partial charge is 0.385 e. The van der Waals surface area contributed by atoms with Crippen molar-refractivity contribution in [2.75, 3.05) is 88.7 Å². The van der Waals surface area contributed by atoms with E-state index in [0.717, 1.165) is 65.0 Å². The number of benzene rings is 4. The fraction of sp³-hybridized carbons (Fsp3) is 0.385. The molecule has 0 fully saturated rings. The zero-order chi connectivity index (χ0) is 33.1. The van der Waals surface area contributed by atoms with Crippen LogP contribution in [-0.4, -0.2) is 77.3 Å². The molecule has 0 aliphatic carbocycles. The summed E-state index contributed by atoms with van der Waals surface area (Å²) >= 11 is 3.64. The summed E-state index contributed by atoms with van der Waals surface area (Å²) in [4.78, 5) is 9.49. The first kappa shape index (κ1) is 36.5. The molecule has 47 heavy (non-hydrogen) atoms. The molecule has 8 heteroatoms. The van der Waals surface area contributed by atoms with Crippen molar-refractivity contribution in [3.05, 3.63) is 97.1 Å². The fourth-order valence-electron chi connectivity index (χ4n) is 5.13. The van der Waals surface area contributed by atoms with E-state index in [1.807, 2.05) is 23.5 Å². The minimum Gasteiger partial charge on any atom is -0.385 e. The van der Waals surface area contributed by atoms with Gasteiger partial charge in [-0.15, -0.1) is 0 Å². The van der Waals surface area contributed by atoms with Crippen LogP contribution < -0.4 is 21.3 Å². The number of nitrogens with one attached hydrogen (secondary N) is 4. The van der Waals surface area contributed by atoms with Gasteiger partial charge in [0.1, 0.15) is 0 Å². The number of unbranched alkanes of at least 4 members (excludes halogenated alkanes) is 2. The van der Waals surface area contributed by atoms with Crippen LogP contribution in [0.25, 0.3) is 0 Å². The van der Waals surface area contributed by atoms with Crippen LogP contribution in [0, 0.1) is 0 Å². The lowest BCUT2D eigenvalue weighted by atomic mass is 10.2. The zero-order valence-corrected chi connectivity index (χ0v) is 30.4. The summed E-state index contributed by atoms with van der Waals surface area (Å²) in [5.74, 6) is 0. The number of rotatable bonds is 22. The molecule has 0 aliphatic heterocycles. The number of anilines is 4. The van der Waals surface area contributed by atoms with Crippen molar-refractivity contribution in [2.45, 2.75) is 51.7 Å². The van der Waals surface area contributed by atoms with Crippen molar-refractivity contribution in [2.24, 2.45) is 0 Å². The smallest absolute Gasteiger partial charge is 0.0482 e. The third-order valence-electron chi connectivity index (χ3n) is 7.60. The third kappa shape index (κ3) is 14.2. The van der Waals surface area contributed by atoms with Gasteiger partial charge in [0.25, 0.3) is 0 Å². The van der Waals surface area contributed by atoms with Crippen LogP contribution in [0.5, 0.6) is 0 Å². The second-order valence-electron chi connectivity index (χ2n) is 12.3. The second kappa shape index (κ2) is 20.8. The average Bonchev–Trinajstić information content (AvgIpc) is 3.06. The Kier molecular flexibility index (Phi) is 16.2. The van der Waals surface area contributed by atoms with Crippen molar-refractivity contribution < 1.29 is 0 Å². The molecule has 0 atom stereocenters. The van der Waals surface area contributed by atoms with E-state index in [1.165, 1.54) is 48.8 Å². The van der Waals surface area contributed by atoms with Gasteiger partial charge in [0.15, 0.2) is 0 Å². The average molecular weight is 671 g/mol. The molecule has 0 unspecified atom stereocenters. The SMILES string of the molecule is CN(C)CCCNc1ccccc1Sc1cccc(NCCCCCNc2cccc(Sc3ccccc3NCCCN(C)C)c2)c1. The van der Waals surface area contributed by atoms with E-state index in [0.29, 0.717) is 0 Å². The highest BCUT2D eigenvalue weighted by Gasteiger charge is 2.07. The van der Waals surface area contributed by atoms with Crippen molar-refractivity contribution in [1.29, 1.82) is 0 Å². The normalized spacial score (nSPS) is 11.2. The predicted molar refractivity (Wildman–Crippen MR) is 208 cm³/mol. The molecule has 0 bridgehead atoms. The monoisotopic (exact) mass is 670 g/mol. The Bertz CT molecular complexity index is 1350. The van der Waals surface area contributed by atoms with E-state index in [-0.39, 0.29) is 0 Å². The standard InChI is InChI=1S/C39H54N6S2/c1-44(2)28-14-26-42-36-20-6-8-22-38(36)46-34-18-12-16-32(30-34)40-24-10-5-11-25-41-33-17-13-19-35(31-33)47-39-23-9-7-21-37(39)43-27-15-29-45(3)4/h6-9,12-13,16-23,30-31,40-43H,5,10-11,14-15,24-29H2,1-4H3. The van der Waals surface area contributed by atoms with Crippen molar-refractivity contribution >= 4 is 46.3 Å². The van der Waals surface area contributed by atoms with Gasteiger partial charge < -0.3 is 31.1 Å². The van der Waals surface area contributed by atoms with Crippen LogP contribution in [0.1, 0.15) is 32.1 Å². The maximum absolute atomic E-state index is 3.64. The summed E-state index contributed by atoms with van der Waals surface area (Å²) in [5, 5.41) is 14.5. The first-order chi connectivity index (χ1) is 23.0. The summed E-state index contributed by atoms with van der Waals surface area (Å²) in [6.07, 6.45) is 5.72. The lowest BCUT2D eigenvalue weighted by molar-refractivity contribution is 0.405. The van der Waals surface area contributed by atoms with Crippen molar-refractivity contribution in [3.63, 3.8) is 0 Å². The molecule has 0 saturated heterocycles. The van der Waals surface area contributed by atoms with Gasteiger partial charge >= 0.3 is 0 Å². The number of para-hydroxylation sites is 2. The highest BCUT2D eigenvalue weighted by Crippen LogP contribution is 2.35. The Morgan fingerprint density at radius 1 is 0.447 bits per heavy atom. The van der Waals surface area contributed by atoms with E-state index in [2.05, 4.69) is 156 Å². The molecule has 4 rings (SSSR count). The molecule has 0 amide bonds. The maximum atomic E-state index is 3.64. The van der Waals surface area contributed by atoms with Crippen LogP contribution in [0.4, 0.5) is 22.7 Å². The molecule has 0 aromatic heterocycles. The molecular formula is C39H54N6S2. The Balaban J connectivity index is 1.15. The number of hydrogen-bond donors (Lipinski definition) is 4. The topological polar surface area (TPSA) is 54.6 Å². The van der Waals surface area contributed by atoms with Crippen LogP contribution >= 0.6 is 23.5 Å². The van der Waals surface area contributed by atoms with E-state index in [4.69, 9.17) is 0 Å². The summed E-state index contributed by atoms with van der Waals surface area (Å²) < 4.78 is 0. The van der Waals surface area contributed by atoms with E-state index in [9.17, 15) is 0 Å². The highest BCUT2D eigenvalue weighted by atomic mass is 32.2. The van der Waals surface area contributed by atoms with Gasteiger partial charge in [-0.2, -0.15) is 0 Å². The maximum Gasteiger partial charge on any atom is 0.0482 e.